The van der Waals surface area contributed by atoms with Gasteiger partial charge in [-0.1, -0.05) is 12.1 Å². The van der Waals surface area contributed by atoms with Gasteiger partial charge in [-0.25, -0.2) is 8.78 Å². The number of hydrogen-bond acceptors (Lipinski definition) is 4. The van der Waals surface area contributed by atoms with E-state index in [1.807, 2.05) is 0 Å². The Bertz CT molecular complexity index is 718. The van der Waals surface area contributed by atoms with Crippen LogP contribution < -0.4 is 5.32 Å². The summed E-state index contributed by atoms with van der Waals surface area (Å²) in [6.45, 7) is -0.270. The zero-order chi connectivity index (χ0) is 15.4. The van der Waals surface area contributed by atoms with Crippen LogP contribution >= 0.6 is 0 Å². The first kappa shape index (κ1) is 14.4. The monoisotopic (exact) mass is 289 g/mol. The molecule has 5 nitrogen and oxygen atoms in total. The summed E-state index contributed by atoms with van der Waals surface area (Å²) in [4.78, 5) is 10.2. The lowest BCUT2D eigenvalue weighted by atomic mass is 10.1. The van der Waals surface area contributed by atoms with Crippen molar-refractivity contribution in [2.24, 2.45) is 0 Å². The molecule has 0 aliphatic heterocycles. The summed E-state index contributed by atoms with van der Waals surface area (Å²) in [5.74, 6) is -1.75. The molecule has 0 atom stereocenters. The molecule has 0 heterocycles. The normalized spacial score (nSPS) is 9.95. The molecule has 0 fully saturated rings. The van der Waals surface area contributed by atoms with E-state index in [0.717, 1.165) is 12.1 Å². The second-order valence-electron chi connectivity index (χ2n) is 4.16. The Kier molecular flexibility index (Phi) is 4.09. The van der Waals surface area contributed by atoms with Crippen molar-refractivity contribution in [3.8, 4) is 6.07 Å². The molecule has 0 radical (unpaired) electrons. The fourth-order valence-corrected chi connectivity index (χ4v) is 1.80. The molecule has 0 spiro atoms. The fraction of sp³-hybridized carbons (Fsp3) is 0.0714. The van der Waals surface area contributed by atoms with Crippen LogP contribution in [0.15, 0.2) is 36.4 Å². The minimum absolute atomic E-state index is 0.126. The standard InChI is InChI=1S/C14H9F2N3O2/c15-11-5-9(7-17)6-12(16)10(11)8-18-13-3-1-2-4-14(13)19(20)21/h1-6,18H,8H2. The van der Waals surface area contributed by atoms with Gasteiger partial charge in [-0.3, -0.25) is 10.1 Å². The number of nitrogens with one attached hydrogen (secondary N) is 1. The van der Waals surface area contributed by atoms with Crippen LogP contribution in [0.1, 0.15) is 11.1 Å². The number of rotatable bonds is 4. The number of benzene rings is 2. The summed E-state index contributed by atoms with van der Waals surface area (Å²) < 4.78 is 27.4. The smallest absolute Gasteiger partial charge is 0.292 e. The summed E-state index contributed by atoms with van der Waals surface area (Å²) >= 11 is 0. The number of nitriles is 1. The van der Waals surface area contributed by atoms with Crippen molar-refractivity contribution in [1.29, 1.82) is 5.26 Å². The first-order valence-electron chi connectivity index (χ1n) is 5.88. The maximum atomic E-state index is 13.7. The second-order valence-corrected chi connectivity index (χ2v) is 4.16. The first-order valence-corrected chi connectivity index (χ1v) is 5.88. The molecule has 0 aliphatic rings. The lowest BCUT2D eigenvalue weighted by molar-refractivity contribution is -0.384. The molecule has 106 valence electrons. The highest BCUT2D eigenvalue weighted by molar-refractivity contribution is 5.61. The molecule has 2 rings (SSSR count). The Balaban J connectivity index is 2.26. The molecule has 0 aromatic heterocycles. The van der Waals surface area contributed by atoms with Crippen LogP contribution in [0.3, 0.4) is 0 Å². The molecular formula is C14H9F2N3O2. The number of nitro benzene ring substituents is 1. The summed E-state index contributed by atoms with van der Waals surface area (Å²) in [5.41, 5.74) is -0.441. The van der Waals surface area contributed by atoms with Gasteiger partial charge in [0.05, 0.1) is 16.6 Å². The van der Waals surface area contributed by atoms with E-state index in [0.29, 0.717) is 0 Å². The average molecular weight is 289 g/mol. The summed E-state index contributed by atoms with van der Waals surface area (Å²) in [7, 11) is 0. The van der Waals surface area contributed by atoms with Crippen LogP contribution in [-0.4, -0.2) is 4.92 Å². The lowest BCUT2D eigenvalue weighted by Crippen LogP contribution is -2.06. The minimum Gasteiger partial charge on any atom is -0.375 e. The van der Waals surface area contributed by atoms with E-state index in [-0.39, 0.29) is 29.0 Å². The Morgan fingerprint density at radius 2 is 1.86 bits per heavy atom. The van der Waals surface area contributed by atoms with Crippen LogP contribution in [0, 0.1) is 33.1 Å². The third kappa shape index (κ3) is 3.12. The number of nitrogens with zero attached hydrogens (tertiary/aromatic N) is 2. The Morgan fingerprint density at radius 3 is 2.43 bits per heavy atom. The molecule has 0 amide bonds. The second kappa shape index (κ2) is 5.96. The van der Waals surface area contributed by atoms with Crippen LogP contribution in [0.25, 0.3) is 0 Å². The minimum atomic E-state index is -0.877. The first-order chi connectivity index (χ1) is 10.0. The quantitative estimate of drug-likeness (QED) is 0.691. The molecule has 2 aromatic rings. The van der Waals surface area contributed by atoms with Crippen LogP contribution in [-0.2, 0) is 6.54 Å². The van der Waals surface area contributed by atoms with E-state index in [2.05, 4.69) is 5.32 Å². The lowest BCUT2D eigenvalue weighted by Gasteiger charge is -2.09. The number of halogens is 2. The number of para-hydroxylation sites is 2. The van der Waals surface area contributed by atoms with Crippen molar-refractivity contribution in [3.05, 3.63) is 69.3 Å². The highest BCUT2D eigenvalue weighted by Crippen LogP contribution is 2.24. The molecule has 2 aromatic carbocycles. The van der Waals surface area contributed by atoms with Gasteiger partial charge < -0.3 is 5.32 Å². The maximum Gasteiger partial charge on any atom is 0.292 e. The molecule has 0 unspecified atom stereocenters. The van der Waals surface area contributed by atoms with Gasteiger partial charge in [-0.15, -0.1) is 0 Å². The molecule has 0 saturated carbocycles. The van der Waals surface area contributed by atoms with Gasteiger partial charge in [0.25, 0.3) is 5.69 Å². The fourth-order valence-electron chi connectivity index (χ4n) is 1.80. The predicted molar refractivity (Wildman–Crippen MR) is 71.5 cm³/mol. The van der Waals surface area contributed by atoms with Gasteiger partial charge in [-0.2, -0.15) is 5.26 Å². The van der Waals surface area contributed by atoms with Crippen LogP contribution in [0.2, 0.25) is 0 Å². The predicted octanol–water partition coefficient (Wildman–Crippen LogP) is 3.36. The van der Waals surface area contributed by atoms with Crippen molar-refractivity contribution in [3.63, 3.8) is 0 Å². The molecule has 21 heavy (non-hydrogen) atoms. The van der Waals surface area contributed by atoms with Gasteiger partial charge >= 0.3 is 0 Å². The van der Waals surface area contributed by atoms with Gasteiger partial charge in [0.2, 0.25) is 0 Å². The van der Waals surface area contributed by atoms with Crippen LogP contribution in [0.5, 0.6) is 0 Å². The maximum absolute atomic E-state index is 13.7. The largest absolute Gasteiger partial charge is 0.375 e. The highest BCUT2D eigenvalue weighted by atomic mass is 19.1. The van der Waals surface area contributed by atoms with Gasteiger partial charge in [0.1, 0.15) is 17.3 Å². The molecule has 7 heteroatoms. The van der Waals surface area contributed by atoms with Crippen molar-refractivity contribution < 1.29 is 13.7 Å². The number of nitro groups is 1. The van der Waals surface area contributed by atoms with E-state index in [1.165, 1.54) is 18.2 Å². The SMILES string of the molecule is N#Cc1cc(F)c(CNc2ccccc2[N+](=O)[O-])c(F)c1. The Morgan fingerprint density at radius 1 is 1.24 bits per heavy atom. The highest BCUT2D eigenvalue weighted by Gasteiger charge is 2.15. The van der Waals surface area contributed by atoms with Crippen molar-refractivity contribution in [2.45, 2.75) is 6.54 Å². The summed E-state index contributed by atoms with van der Waals surface area (Å²) in [6.07, 6.45) is 0. The Hall–Kier alpha value is -3.01. The van der Waals surface area contributed by atoms with Gasteiger partial charge in [0, 0.05) is 18.2 Å². The van der Waals surface area contributed by atoms with E-state index in [9.17, 15) is 18.9 Å². The molecule has 0 aliphatic carbocycles. The average Bonchev–Trinajstić information content (AvgIpc) is 2.46. The molecule has 0 bridgehead atoms. The van der Waals surface area contributed by atoms with Crippen LogP contribution in [0.4, 0.5) is 20.2 Å². The van der Waals surface area contributed by atoms with Crippen molar-refractivity contribution in [1.82, 2.24) is 0 Å². The van der Waals surface area contributed by atoms with E-state index in [1.54, 1.807) is 12.1 Å². The topological polar surface area (TPSA) is 79.0 Å². The summed E-state index contributed by atoms with van der Waals surface area (Å²) in [6, 6.07) is 9.27. The number of anilines is 1. The van der Waals surface area contributed by atoms with E-state index >= 15 is 0 Å². The zero-order valence-corrected chi connectivity index (χ0v) is 10.6. The Labute approximate surface area is 118 Å². The van der Waals surface area contributed by atoms with Crippen molar-refractivity contribution in [2.75, 3.05) is 5.32 Å². The summed E-state index contributed by atoms with van der Waals surface area (Å²) in [5, 5.41) is 22.1. The zero-order valence-electron chi connectivity index (χ0n) is 10.6. The third-order valence-electron chi connectivity index (χ3n) is 2.83. The van der Waals surface area contributed by atoms with Gasteiger partial charge in [0.15, 0.2) is 0 Å². The number of hydrogen-bond donors (Lipinski definition) is 1. The van der Waals surface area contributed by atoms with E-state index < -0.39 is 16.6 Å². The molecular weight excluding hydrogens is 280 g/mol. The molecule has 0 saturated heterocycles. The van der Waals surface area contributed by atoms with Gasteiger partial charge in [-0.05, 0) is 18.2 Å². The van der Waals surface area contributed by atoms with Crippen molar-refractivity contribution >= 4 is 11.4 Å². The third-order valence-corrected chi connectivity index (χ3v) is 2.83. The van der Waals surface area contributed by atoms with E-state index in [4.69, 9.17) is 5.26 Å². The molecule has 1 N–H and O–H groups in total.